The van der Waals surface area contributed by atoms with Gasteiger partial charge in [0.2, 0.25) is 0 Å². The summed E-state index contributed by atoms with van der Waals surface area (Å²) in [7, 11) is 0. The molecule has 0 saturated heterocycles. The molecule has 0 spiro atoms. The van der Waals surface area contributed by atoms with Gasteiger partial charge in [-0.1, -0.05) is 29.3 Å². The molecule has 2 aromatic heterocycles. The molecular weight excluding hydrogens is 293 g/mol. The van der Waals surface area contributed by atoms with Gasteiger partial charge < -0.3 is 10.3 Å². The highest BCUT2D eigenvalue weighted by Crippen LogP contribution is 2.25. The van der Waals surface area contributed by atoms with Crippen LogP contribution in [0.3, 0.4) is 0 Å². The van der Waals surface area contributed by atoms with Crippen molar-refractivity contribution >= 4 is 34.2 Å². The Hall–Kier alpha value is -1.55. The zero-order valence-electron chi connectivity index (χ0n) is 10.7. The maximum Gasteiger partial charge on any atom is 0.140 e. The normalized spacial score (nSPS) is 11.2. The fraction of sp³-hybridized carbons (Fsp3) is 0.133. The number of nitrogens with two attached hydrogens (primary N) is 1. The summed E-state index contributed by atoms with van der Waals surface area (Å²) in [5, 5.41) is 2.38. The first-order chi connectivity index (χ1) is 9.69. The van der Waals surface area contributed by atoms with Crippen molar-refractivity contribution in [2.45, 2.75) is 13.1 Å². The summed E-state index contributed by atoms with van der Waals surface area (Å²) in [6.45, 7) is 1.13. The molecule has 0 aliphatic heterocycles. The minimum atomic E-state index is 0.490. The lowest BCUT2D eigenvalue weighted by Crippen LogP contribution is -2.00. The summed E-state index contributed by atoms with van der Waals surface area (Å²) >= 11 is 12.1. The lowest BCUT2D eigenvalue weighted by atomic mass is 10.2. The summed E-state index contributed by atoms with van der Waals surface area (Å²) < 4.78 is 2.06. The number of rotatable bonds is 3. The van der Waals surface area contributed by atoms with Crippen LogP contribution >= 0.6 is 23.2 Å². The van der Waals surface area contributed by atoms with Crippen molar-refractivity contribution in [1.29, 1.82) is 0 Å². The summed E-state index contributed by atoms with van der Waals surface area (Å²) in [4.78, 5) is 4.43. The second kappa shape index (κ2) is 5.44. The molecule has 102 valence electrons. The molecule has 0 amide bonds. The Labute approximate surface area is 126 Å². The molecule has 3 aromatic rings. The fourth-order valence-electron chi connectivity index (χ4n) is 2.31. The van der Waals surface area contributed by atoms with Gasteiger partial charge in [0.1, 0.15) is 5.65 Å². The highest BCUT2D eigenvalue weighted by molar-refractivity contribution is 6.35. The lowest BCUT2D eigenvalue weighted by molar-refractivity contribution is 0.819. The average Bonchev–Trinajstić information content (AvgIpc) is 2.80. The number of nitrogens with zero attached hydrogens (tertiary/aromatic N) is 2. The van der Waals surface area contributed by atoms with Crippen LogP contribution in [-0.2, 0) is 13.1 Å². The van der Waals surface area contributed by atoms with Crippen LogP contribution in [0.25, 0.3) is 11.0 Å². The van der Waals surface area contributed by atoms with E-state index in [1.165, 1.54) is 0 Å². The van der Waals surface area contributed by atoms with Crippen LogP contribution in [0, 0.1) is 0 Å². The third-order valence-electron chi connectivity index (χ3n) is 3.29. The molecule has 0 saturated carbocycles. The van der Waals surface area contributed by atoms with Gasteiger partial charge in [-0.05, 0) is 35.4 Å². The van der Waals surface area contributed by atoms with Crippen LogP contribution in [0.4, 0.5) is 0 Å². The van der Waals surface area contributed by atoms with Crippen LogP contribution in [0.5, 0.6) is 0 Å². The average molecular weight is 306 g/mol. The Kier molecular flexibility index (Phi) is 3.66. The molecule has 0 fully saturated rings. The SMILES string of the molecule is NCc1cn(Cc2ccc(Cl)cc2Cl)c2ncccc12. The molecule has 2 heterocycles. The number of hydrogen-bond acceptors (Lipinski definition) is 2. The Morgan fingerprint density at radius 2 is 2.00 bits per heavy atom. The lowest BCUT2D eigenvalue weighted by Gasteiger charge is -2.07. The van der Waals surface area contributed by atoms with E-state index in [9.17, 15) is 0 Å². The van der Waals surface area contributed by atoms with Crippen molar-refractivity contribution < 1.29 is 0 Å². The molecular formula is C15H13Cl2N3. The zero-order chi connectivity index (χ0) is 14.1. The highest BCUT2D eigenvalue weighted by atomic mass is 35.5. The molecule has 3 nitrogen and oxygen atoms in total. The van der Waals surface area contributed by atoms with Crippen molar-refractivity contribution in [3.63, 3.8) is 0 Å². The van der Waals surface area contributed by atoms with Crippen LogP contribution < -0.4 is 5.73 Å². The monoisotopic (exact) mass is 305 g/mol. The number of halogens is 2. The maximum absolute atomic E-state index is 6.23. The first kappa shape index (κ1) is 13.4. The summed E-state index contributed by atoms with van der Waals surface area (Å²) in [5.74, 6) is 0. The third kappa shape index (κ3) is 2.40. The fourth-order valence-corrected chi connectivity index (χ4v) is 2.78. The van der Waals surface area contributed by atoms with Crippen molar-refractivity contribution in [3.05, 3.63) is 63.9 Å². The number of hydrogen-bond donors (Lipinski definition) is 1. The minimum Gasteiger partial charge on any atom is -0.328 e. The first-order valence-corrected chi connectivity index (χ1v) is 7.01. The summed E-state index contributed by atoms with van der Waals surface area (Å²) in [5.41, 5.74) is 8.79. The van der Waals surface area contributed by atoms with Crippen molar-refractivity contribution in [2.24, 2.45) is 5.73 Å². The van der Waals surface area contributed by atoms with E-state index in [1.807, 2.05) is 30.5 Å². The molecule has 1 aromatic carbocycles. The molecule has 3 rings (SSSR count). The van der Waals surface area contributed by atoms with E-state index in [4.69, 9.17) is 28.9 Å². The van der Waals surface area contributed by atoms with Gasteiger partial charge in [-0.2, -0.15) is 0 Å². The number of fused-ring (bicyclic) bond motifs is 1. The molecule has 0 radical (unpaired) electrons. The van der Waals surface area contributed by atoms with E-state index in [2.05, 4.69) is 9.55 Å². The van der Waals surface area contributed by atoms with Crippen LogP contribution in [0.2, 0.25) is 10.0 Å². The Morgan fingerprint density at radius 3 is 2.75 bits per heavy atom. The van der Waals surface area contributed by atoms with Gasteiger partial charge in [0.15, 0.2) is 0 Å². The van der Waals surface area contributed by atoms with Gasteiger partial charge in [0, 0.05) is 34.4 Å². The summed E-state index contributed by atoms with van der Waals surface area (Å²) in [6.07, 6.45) is 3.81. The predicted molar refractivity (Wildman–Crippen MR) is 83.2 cm³/mol. The van der Waals surface area contributed by atoms with Crippen LogP contribution in [-0.4, -0.2) is 9.55 Å². The van der Waals surface area contributed by atoms with Gasteiger partial charge in [0.25, 0.3) is 0 Å². The van der Waals surface area contributed by atoms with Crippen LogP contribution in [0.1, 0.15) is 11.1 Å². The van der Waals surface area contributed by atoms with Crippen molar-refractivity contribution in [2.75, 3.05) is 0 Å². The van der Waals surface area contributed by atoms with Gasteiger partial charge in [0.05, 0.1) is 6.54 Å². The Morgan fingerprint density at radius 1 is 1.15 bits per heavy atom. The highest BCUT2D eigenvalue weighted by Gasteiger charge is 2.10. The van der Waals surface area contributed by atoms with Gasteiger partial charge in [-0.3, -0.25) is 0 Å². The molecule has 0 unspecified atom stereocenters. The number of benzene rings is 1. The van der Waals surface area contributed by atoms with Crippen molar-refractivity contribution in [3.8, 4) is 0 Å². The van der Waals surface area contributed by atoms with E-state index in [1.54, 1.807) is 12.3 Å². The first-order valence-electron chi connectivity index (χ1n) is 6.26. The second-order valence-electron chi connectivity index (χ2n) is 4.60. The molecule has 0 bridgehead atoms. The smallest absolute Gasteiger partial charge is 0.140 e. The van der Waals surface area contributed by atoms with E-state index >= 15 is 0 Å². The van der Waals surface area contributed by atoms with Crippen molar-refractivity contribution in [1.82, 2.24) is 9.55 Å². The maximum atomic E-state index is 6.23. The molecule has 0 aliphatic rings. The quantitative estimate of drug-likeness (QED) is 0.798. The number of pyridine rings is 1. The largest absolute Gasteiger partial charge is 0.328 e. The Bertz CT molecular complexity index is 765. The molecule has 0 aliphatic carbocycles. The Balaban J connectivity index is 2.06. The summed E-state index contributed by atoms with van der Waals surface area (Å²) in [6, 6.07) is 9.47. The van der Waals surface area contributed by atoms with E-state index in [0.717, 1.165) is 22.2 Å². The van der Waals surface area contributed by atoms with Gasteiger partial charge >= 0.3 is 0 Å². The molecule has 0 atom stereocenters. The second-order valence-corrected chi connectivity index (χ2v) is 5.44. The van der Waals surface area contributed by atoms with Crippen LogP contribution in [0.15, 0.2) is 42.7 Å². The number of aromatic nitrogens is 2. The molecule has 2 N–H and O–H groups in total. The zero-order valence-corrected chi connectivity index (χ0v) is 12.2. The van der Waals surface area contributed by atoms with Gasteiger partial charge in [-0.15, -0.1) is 0 Å². The predicted octanol–water partition coefficient (Wildman–Crippen LogP) is 3.85. The van der Waals surface area contributed by atoms with E-state index in [-0.39, 0.29) is 0 Å². The molecule has 5 heteroatoms. The third-order valence-corrected chi connectivity index (χ3v) is 3.88. The topological polar surface area (TPSA) is 43.8 Å². The minimum absolute atomic E-state index is 0.490. The standard InChI is InChI=1S/C15H13Cl2N3/c16-12-4-3-10(14(17)6-12)8-20-9-11(7-18)13-2-1-5-19-15(13)20/h1-6,9H,7-8,18H2. The van der Waals surface area contributed by atoms with E-state index < -0.39 is 0 Å². The van der Waals surface area contributed by atoms with Gasteiger partial charge in [-0.25, -0.2) is 4.98 Å². The molecule has 20 heavy (non-hydrogen) atoms. The van der Waals surface area contributed by atoms with E-state index in [0.29, 0.717) is 23.1 Å².